The van der Waals surface area contributed by atoms with Crippen molar-refractivity contribution >= 4 is 11.9 Å². The maximum absolute atomic E-state index is 12.8. The second kappa shape index (κ2) is 4.80. The predicted octanol–water partition coefficient (Wildman–Crippen LogP) is 2.82. The molecular weight excluding hydrogens is 280 g/mol. The number of fused-ring (bicyclic) bond motifs is 2. The van der Waals surface area contributed by atoms with Gasteiger partial charge in [-0.3, -0.25) is 4.79 Å². The van der Waals surface area contributed by atoms with Crippen molar-refractivity contribution in [1.82, 2.24) is 9.88 Å². The molecule has 5 heteroatoms. The zero-order valence-electron chi connectivity index (χ0n) is 13.3. The van der Waals surface area contributed by atoms with Gasteiger partial charge in [-0.15, -0.1) is 0 Å². The molecule has 2 heterocycles. The molecule has 2 atom stereocenters. The van der Waals surface area contributed by atoms with E-state index in [1.807, 2.05) is 4.90 Å². The fourth-order valence-electron chi connectivity index (χ4n) is 4.51. The maximum atomic E-state index is 12.8. The Morgan fingerprint density at radius 2 is 2.00 bits per heavy atom. The van der Waals surface area contributed by atoms with Crippen LogP contribution in [0.25, 0.3) is 0 Å². The van der Waals surface area contributed by atoms with Crippen LogP contribution in [0.1, 0.15) is 60.9 Å². The van der Waals surface area contributed by atoms with Gasteiger partial charge in [0, 0.05) is 18.8 Å². The van der Waals surface area contributed by atoms with Crippen LogP contribution in [0, 0.1) is 10.8 Å². The Labute approximate surface area is 130 Å². The predicted molar refractivity (Wildman–Crippen MR) is 81.8 cm³/mol. The van der Waals surface area contributed by atoms with Gasteiger partial charge in [0.25, 0.3) is 5.91 Å². The van der Waals surface area contributed by atoms with Crippen LogP contribution in [-0.2, 0) is 0 Å². The molecule has 1 aliphatic heterocycles. The summed E-state index contributed by atoms with van der Waals surface area (Å²) in [5.74, 6) is -1.11. The van der Waals surface area contributed by atoms with Gasteiger partial charge in [0.05, 0.1) is 5.56 Å². The fourth-order valence-corrected chi connectivity index (χ4v) is 4.51. The zero-order valence-corrected chi connectivity index (χ0v) is 13.3. The number of likely N-dealkylation sites (tertiary alicyclic amines) is 1. The lowest BCUT2D eigenvalue weighted by Gasteiger charge is -2.39. The van der Waals surface area contributed by atoms with Crippen molar-refractivity contribution in [1.29, 1.82) is 0 Å². The third-order valence-electron chi connectivity index (χ3n) is 4.91. The van der Waals surface area contributed by atoms with Gasteiger partial charge in [0.2, 0.25) is 0 Å². The molecule has 1 aromatic rings. The summed E-state index contributed by atoms with van der Waals surface area (Å²) in [7, 11) is 0. The number of carbonyl (C=O) groups is 2. The lowest BCUT2D eigenvalue weighted by molar-refractivity contribution is 0.0680. The smallest absolute Gasteiger partial charge is 0.354 e. The van der Waals surface area contributed by atoms with E-state index in [0.29, 0.717) is 5.56 Å². The van der Waals surface area contributed by atoms with Crippen LogP contribution in [0.15, 0.2) is 18.3 Å². The first-order chi connectivity index (χ1) is 10.2. The highest BCUT2D eigenvalue weighted by molar-refractivity contribution is 5.95. The molecule has 22 heavy (non-hydrogen) atoms. The van der Waals surface area contributed by atoms with Crippen LogP contribution in [0.5, 0.6) is 0 Å². The quantitative estimate of drug-likeness (QED) is 0.912. The summed E-state index contributed by atoms with van der Waals surface area (Å²) in [4.78, 5) is 29.4. The molecule has 0 radical (unpaired) electrons. The van der Waals surface area contributed by atoms with E-state index in [0.717, 1.165) is 25.8 Å². The van der Waals surface area contributed by atoms with Crippen molar-refractivity contribution < 1.29 is 14.7 Å². The van der Waals surface area contributed by atoms with Crippen molar-refractivity contribution in [3.8, 4) is 0 Å². The Kier molecular flexibility index (Phi) is 3.27. The van der Waals surface area contributed by atoms with E-state index in [1.165, 1.54) is 12.3 Å². The van der Waals surface area contributed by atoms with Crippen molar-refractivity contribution in [3.05, 3.63) is 29.6 Å². The highest BCUT2D eigenvalue weighted by Crippen LogP contribution is 2.52. The fraction of sp³-hybridized carbons (Fsp3) is 0.588. The minimum atomic E-state index is -1.08. The number of carbonyl (C=O) groups excluding carboxylic acids is 1. The molecule has 1 saturated carbocycles. The van der Waals surface area contributed by atoms with Crippen LogP contribution in [0.2, 0.25) is 0 Å². The summed E-state index contributed by atoms with van der Waals surface area (Å²) < 4.78 is 0. The first kappa shape index (κ1) is 15.0. The molecule has 2 aliphatic rings. The largest absolute Gasteiger partial charge is 0.477 e. The van der Waals surface area contributed by atoms with Crippen LogP contribution in [0.4, 0.5) is 0 Å². The Bertz CT molecular complexity index is 623. The minimum Gasteiger partial charge on any atom is -0.477 e. The minimum absolute atomic E-state index is 0.0316. The zero-order chi connectivity index (χ0) is 16.1. The summed E-state index contributed by atoms with van der Waals surface area (Å²) in [5.41, 5.74) is 0.887. The van der Waals surface area contributed by atoms with Gasteiger partial charge in [-0.1, -0.05) is 20.8 Å². The summed E-state index contributed by atoms with van der Waals surface area (Å²) in [6.07, 6.45) is 4.59. The Balaban J connectivity index is 1.83. The van der Waals surface area contributed by atoms with Gasteiger partial charge in [0.15, 0.2) is 0 Å². The normalized spacial score (nSPS) is 29.4. The van der Waals surface area contributed by atoms with Crippen LogP contribution in [0.3, 0.4) is 0 Å². The molecule has 1 saturated heterocycles. The number of hydrogen-bond donors (Lipinski definition) is 1. The third-order valence-corrected chi connectivity index (χ3v) is 4.91. The third kappa shape index (κ3) is 2.60. The van der Waals surface area contributed by atoms with Crippen molar-refractivity contribution in [3.63, 3.8) is 0 Å². The Hall–Kier alpha value is -1.91. The van der Waals surface area contributed by atoms with Gasteiger partial charge in [-0.05, 0) is 42.2 Å². The molecule has 2 unspecified atom stereocenters. The van der Waals surface area contributed by atoms with Gasteiger partial charge in [-0.25, -0.2) is 9.78 Å². The standard InChI is InChI=1S/C17H22N2O3/c1-16(2)6-12-7-17(3,9-16)10-19(12)14(20)11-4-5-13(15(21)22)18-8-11/h4-5,8,12H,6-7,9-10H2,1-3H3,(H,21,22). The highest BCUT2D eigenvalue weighted by Gasteiger charge is 2.51. The first-order valence-electron chi connectivity index (χ1n) is 7.70. The van der Waals surface area contributed by atoms with E-state index < -0.39 is 5.97 Å². The highest BCUT2D eigenvalue weighted by atomic mass is 16.4. The number of nitrogens with zero attached hydrogens (tertiary/aromatic N) is 2. The molecule has 1 N–H and O–H groups in total. The topological polar surface area (TPSA) is 70.5 Å². The SMILES string of the molecule is CC1(C)CC2CC(C)(CN2C(=O)c2ccc(C(=O)O)nc2)C1. The van der Waals surface area contributed by atoms with E-state index in [4.69, 9.17) is 5.11 Å². The van der Waals surface area contributed by atoms with Crippen molar-refractivity contribution in [2.75, 3.05) is 6.54 Å². The molecular formula is C17H22N2O3. The summed E-state index contributed by atoms with van der Waals surface area (Å²) >= 11 is 0. The average Bonchev–Trinajstić information content (AvgIpc) is 2.67. The summed E-state index contributed by atoms with van der Waals surface area (Å²) in [6.45, 7) is 7.59. The lowest BCUT2D eigenvalue weighted by atomic mass is 9.65. The van der Waals surface area contributed by atoms with Crippen LogP contribution >= 0.6 is 0 Å². The maximum Gasteiger partial charge on any atom is 0.354 e. The van der Waals surface area contributed by atoms with E-state index in [2.05, 4.69) is 25.8 Å². The van der Waals surface area contributed by atoms with E-state index in [-0.39, 0.29) is 28.5 Å². The molecule has 2 bridgehead atoms. The van der Waals surface area contributed by atoms with Gasteiger partial charge >= 0.3 is 5.97 Å². The molecule has 118 valence electrons. The monoisotopic (exact) mass is 302 g/mol. The number of aromatic carboxylic acids is 1. The van der Waals surface area contributed by atoms with Gasteiger partial charge in [-0.2, -0.15) is 0 Å². The first-order valence-corrected chi connectivity index (χ1v) is 7.70. The number of aromatic nitrogens is 1. The molecule has 3 rings (SSSR count). The molecule has 0 aromatic carbocycles. The number of hydrogen-bond acceptors (Lipinski definition) is 3. The number of carboxylic acid groups (broad SMARTS) is 1. The number of pyridine rings is 1. The van der Waals surface area contributed by atoms with Crippen molar-refractivity contribution in [2.24, 2.45) is 10.8 Å². The van der Waals surface area contributed by atoms with Gasteiger partial charge < -0.3 is 10.0 Å². The van der Waals surface area contributed by atoms with E-state index in [1.54, 1.807) is 6.07 Å². The lowest BCUT2D eigenvalue weighted by Crippen LogP contribution is -2.37. The van der Waals surface area contributed by atoms with E-state index >= 15 is 0 Å². The molecule has 2 fully saturated rings. The van der Waals surface area contributed by atoms with Crippen LogP contribution in [-0.4, -0.2) is 39.5 Å². The molecule has 1 aromatic heterocycles. The molecule has 5 nitrogen and oxygen atoms in total. The van der Waals surface area contributed by atoms with E-state index in [9.17, 15) is 9.59 Å². The summed E-state index contributed by atoms with van der Waals surface area (Å²) in [5, 5.41) is 8.88. The second-order valence-corrected chi connectivity index (χ2v) is 7.88. The molecule has 1 aliphatic carbocycles. The molecule has 0 spiro atoms. The molecule has 1 amide bonds. The second-order valence-electron chi connectivity index (χ2n) is 7.88. The number of rotatable bonds is 2. The Morgan fingerprint density at radius 3 is 2.59 bits per heavy atom. The number of carboxylic acids is 1. The van der Waals surface area contributed by atoms with Crippen molar-refractivity contribution in [2.45, 2.75) is 46.1 Å². The summed E-state index contributed by atoms with van der Waals surface area (Å²) in [6, 6.07) is 3.23. The Morgan fingerprint density at radius 1 is 1.27 bits per heavy atom. The van der Waals surface area contributed by atoms with Gasteiger partial charge in [0.1, 0.15) is 5.69 Å². The average molecular weight is 302 g/mol. The van der Waals surface area contributed by atoms with Crippen LogP contribution < -0.4 is 0 Å². The number of amides is 1.